The molecule has 0 aromatic heterocycles. The van der Waals surface area contributed by atoms with E-state index in [2.05, 4.69) is 36.8 Å². The number of unbranched alkanes of at least 4 members (excludes halogenated alkanes) is 2. The van der Waals surface area contributed by atoms with Crippen molar-refractivity contribution < 1.29 is 4.74 Å². The predicted molar refractivity (Wildman–Crippen MR) is 69.8 cm³/mol. The average molecular weight is 233 g/mol. The fourth-order valence-corrected chi connectivity index (χ4v) is 2.74. The summed E-state index contributed by atoms with van der Waals surface area (Å²) < 4.78 is 4.79. The highest BCUT2D eigenvalue weighted by Gasteiger charge is 2.03. The van der Waals surface area contributed by atoms with Gasteiger partial charge in [-0.15, -0.1) is 11.3 Å². The fourth-order valence-electron chi connectivity index (χ4n) is 1.86. The van der Waals surface area contributed by atoms with E-state index in [9.17, 15) is 0 Å². The highest BCUT2D eigenvalue weighted by Crippen LogP contribution is 2.29. The minimum absolute atomic E-state index is 0.782. The van der Waals surface area contributed by atoms with Crippen LogP contribution in [0.5, 0.6) is 0 Å². The number of rotatable bonds is 6. The van der Waals surface area contributed by atoms with Crippen molar-refractivity contribution in [2.75, 3.05) is 6.61 Å². The van der Waals surface area contributed by atoms with Crippen LogP contribution in [0, 0.1) is 7.11 Å². The summed E-state index contributed by atoms with van der Waals surface area (Å²) in [7, 11) is 3.37. The molecule has 1 aliphatic heterocycles. The lowest BCUT2D eigenvalue weighted by Gasteiger charge is -2.04. The standard InChI is InChI=1S/C14H17OS/c1-15-9-4-2-3-6-12-10-13-7-5-8-14(13)16-11-12/h5,7-8,10-11H,1-4,6,9H2. The van der Waals surface area contributed by atoms with Crippen LogP contribution in [0.4, 0.5) is 0 Å². The molecule has 0 bridgehead atoms. The van der Waals surface area contributed by atoms with E-state index in [0.717, 1.165) is 13.0 Å². The minimum atomic E-state index is 0.782. The molecule has 1 heterocycles. The molecule has 1 radical (unpaired) electrons. The lowest BCUT2D eigenvalue weighted by atomic mass is 10.1. The van der Waals surface area contributed by atoms with Crippen LogP contribution in [0.2, 0.25) is 0 Å². The van der Waals surface area contributed by atoms with Gasteiger partial charge in [0.25, 0.3) is 0 Å². The van der Waals surface area contributed by atoms with Crippen molar-refractivity contribution in [2.24, 2.45) is 0 Å². The van der Waals surface area contributed by atoms with Gasteiger partial charge in [-0.2, -0.15) is 0 Å². The van der Waals surface area contributed by atoms with Crippen LogP contribution in [-0.2, 0) is 11.2 Å². The molecule has 2 rings (SSSR count). The largest absolute Gasteiger partial charge is 0.379 e. The van der Waals surface area contributed by atoms with Gasteiger partial charge in [-0.25, -0.2) is 0 Å². The van der Waals surface area contributed by atoms with Crippen molar-refractivity contribution in [2.45, 2.75) is 25.7 Å². The highest BCUT2D eigenvalue weighted by atomic mass is 32.1. The highest BCUT2D eigenvalue weighted by molar-refractivity contribution is 7.13. The Morgan fingerprint density at radius 3 is 3.00 bits per heavy atom. The van der Waals surface area contributed by atoms with E-state index in [-0.39, 0.29) is 0 Å². The summed E-state index contributed by atoms with van der Waals surface area (Å²) >= 11 is 1.84. The van der Waals surface area contributed by atoms with E-state index >= 15 is 0 Å². The van der Waals surface area contributed by atoms with E-state index in [1.165, 1.54) is 35.3 Å². The molecule has 0 spiro atoms. The quantitative estimate of drug-likeness (QED) is 0.673. The van der Waals surface area contributed by atoms with E-state index in [1.54, 1.807) is 0 Å². The van der Waals surface area contributed by atoms with Crippen LogP contribution >= 0.6 is 11.3 Å². The molecular formula is C14H17OS. The van der Waals surface area contributed by atoms with Gasteiger partial charge in [0.1, 0.15) is 0 Å². The molecule has 0 unspecified atom stereocenters. The van der Waals surface area contributed by atoms with Crippen LogP contribution in [0.15, 0.2) is 29.6 Å². The summed E-state index contributed by atoms with van der Waals surface area (Å²) in [6.45, 7) is 0.782. The second-order valence-electron chi connectivity index (χ2n) is 4.02. The van der Waals surface area contributed by atoms with E-state index in [0.29, 0.717) is 0 Å². The summed E-state index contributed by atoms with van der Waals surface area (Å²) in [6, 6.07) is 8.79. The summed E-state index contributed by atoms with van der Waals surface area (Å²) in [5.74, 6) is 0. The van der Waals surface area contributed by atoms with E-state index in [1.807, 2.05) is 11.3 Å². The Balaban J connectivity index is 1.83. The molecular weight excluding hydrogens is 216 g/mol. The van der Waals surface area contributed by atoms with Gasteiger partial charge in [-0.3, -0.25) is 0 Å². The van der Waals surface area contributed by atoms with Crippen LogP contribution in [-0.4, -0.2) is 6.61 Å². The predicted octanol–water partition coefficient (Wildman–Crippen LogP) is 4.37. The molecule has 0 saturated carbocycles. The maximum Gasteiger partial charge on any atom is 0.0700 e. The first kappa shape index (κ1) is 11.6. The fraction of sp³-hybridized carbons (Fsp3) is 0.357. The number of aryl methyl sites for hydroxylation is 1. The molecule has 16 heavy (non-hydrogen) atoms. The van der Waals surface area contributed by atoms with Crippen LogP contribution in [0.25, 0.3) is 10.4 Å². The Kier molecular flexibility index (Phi) is 4.37. The van der Waals surface area contributed by atoms with Crippen molar-refractivity contribution >= 4 is 11.3 Å². The molecule has 0 fully saturated rings. The van der Waals surface area contributed by atoms with Gasteiger partial charge in [0, 0.05) is 11.5 Å². The van der Waals surface area contributed by atoms with Crippen molar-refractivity contribution in [3.63, 3.8) is 0 Å². The van der Waals surface area contributed by atoms with Crippen LogP contribution < -0.4 is 0 Å². The molecule has 2 heteroatoms. The zero-order chi connectivity index (χ0) is 11.2. The minimum Gasteiger partial charge on any atom is -0.379 e. The first-order valence-corrected chi connectivity index (χ1v) is 6.61. The van der Waals surface area contributed by atoms with E-state index < -0.39 is 0 Å². The third-order valence-corrected chi connectivity index (χ3v) is 3.79. The first-order chi connectivity index (χ1) is 7.90. The molecule has 2 aliphatic rings. The van der Waals surface area contributed by atoms with Gasteiger partial charge in [0.15, 0.2) is 0 Å². The monoisotopic (exact) mass is 233 g/mol. The Morgan fingerprint density at radius 1 is 1.19 bits per heavy atom. The average Bonchev–Trinajstić information content (AvgIpc) is 2.76. The molecule has 1 nitrogen and oxygen atoms in total. The maximum atomic E-state index is 4.79. The van der Waals surface area contributed by atoms with Crippen molar-refractivity contribution in [3.05, 3.63) is 42.3 Å². The SMILES string of the molecule is [CH2]OCCCCCc1csc2cccc-2c1. The van der Waals surface area contributed by atoms with Crippen LogP contribution in [0.1, 0.15) is 24.8 Å². The Hall–Kier alpha value is -0.860. The summed E-state index contributed by atoms with van der Waals surface area (Å²) in [5.41, 5.74) is 2.84. The van der Waals surface area contributed by atoms with Crippen molar-refractivity contribution in [1.82, 2.24) is 0 Å². The van der Waals surface area contributed by atoms with Gasteiger partial charge in [0.05, 0.1) is 7.11 Å². The second kappa shape index (κ2) is 6.02. The lowest BCUT2D eigenvalue weighted by Crippen LogP contribution is -1.89. The van der Waals surface area contributed by atoms with E-state index in [4.69, 9.17) is 4.74 Å². The number of ether oxygens (including phenoxy) is 1. The summed E-state index contributed by atoms with van der Waals surface area (Å²) in [5, 5.41) is 2.28. The smallest absolute Gasteiger partial charge is 0.0700 e. The van der Waals surface area contributed by atoms with Gasteiger partial charge in [-0.05, 0) is 47.9 Å². The van der Waals surface area contributed by atoms with Gasteiger partial charge < -0.3 is 4.74 Å². The molecule has 1 aliphatic carbocycles. The summed E-state index contributed by atoms with van der Waals surface area (Å²) in [6.07, 6.45) is 4.75. The number of fused-ring (bicyclic) bond motifs is 1. The molecule has 85 valence electrons. The van der Waals surface area contributed by atoms with Crippen molar-refractivity contribution in [3.8, 4) is 10.4 Å². The molecule has 0 saturated heterocycles. The Bertz CT molecular complexity index is 394. The Morgan fingerprint density at radius 2 is 2.12 bits per heavy atom. The van der Waals surface area contributed by atoms with Crippen LogP contribution in [0.3, 0.4) is 0 Å². The number of hydrogen-bond donors (Lipinski definition) is 0. The summed E-state index contributed by atoms with van der Waals surface area (Å²) in [4.78, 5) is 1.38. The van der Waals surface area contributed by atoms with Gasteiger partial charge >= 0.3 is 0 Å². The molecule has 0 aromatic carbocycles. The zero-order valence-electron chi connectivity index (χ0n) is 9.45. The molecule has 0 atom stereocenters. The van der Waals surface area contributed by atoms with Gasteiger partial charge in [-0.1, -0.05) is 18.6 Å². The Labute approximate surface area is 101 Å². The molecule has 0 aromatic rings. The third-order valence-electron chi connectivity index (χ3n) is 2.74. The molecule has 0 amide bonds. The van der Waals surface area contributed by atoms with Gasteiger partial charge in [0.2, 0.25) is 0 Å². The zero-order valence-corrected chi connectivity index (χ0v) is 10.3. The first-order valence-electron chi connectivity index (χ1n) is 5.73. The third kappa shape index (κ3) is 3.06. The lowest BCUT2D eigenvalue weighted by molar-refractivity contribution is 0.234. The maximum absolute atomic E-state index is 4.79. The topological polar surface area (TPSA) is 9.23 Å². The number of hydrogen-bond acceptors (Lipinski definition) is 2. The van der Waals surface area contributed by atoms with Crippen molar-refractivity contribution in [1.29, 1.82) is 0 Å². The second-order valence-corrected chi connectivity index (χ2v) is 4.93. The normalized spacial score (nSPS) is 11.1. The molecule has 0 N–H and O–H groups in total.